The molecule has 3 heterocycles. The second-order valence-electron chi connectivity index (χ2n) is 12.7. The van der Waals surface area contributed by atoms with E-state index in [-0.39, 0.29) is 54.5 Å². The lowest BCUT2D eigenvalue weighted by atomic mass is 10.1. The number of nitrogens with one attached hydrogen (secondary N) is 1. The lowest BCUT2D eigenvalue weighted by molar-refractivity contribution is -0.136. The SMILES string of the molecule is COc1ccc(S(=O)(=O)N2CCCC2C(=O)N2CCN(C(=O)c3ccc(C(=N)N)cc3)CC2)c(OC)c1COc1cccc2c(C)cc(C)nc12. The first-order chi connectivity index (χ1) is 24.4. The first kappa shape index (κ1) is 35.6. The van der Waals surface area contributed by atoms with Gasteiger partial charge in [-0.15, -0.1) is 0 Å². The van der Waals surface area contributed by atoms with Crippen molar-refractivity contribution in [1.82, 2.24) is 19.1 Å². The number of para-hydroxylation sites is 1. The van der Waals surface area contributed by atoms with Crippen LogP contribution in [0.3, 0.4) is 0 Å². The fourth-order valence-corrected chi connectivity index (χ4v) is 8.72. The van der Waals surface area contributed by atoms with E-state index in [1.54, 1.807) is 40.1 Å². The molecule has 3 aromatic carbocycles. The van der Waals surface area contributed by atoms with Crippen LogP contribution in [-0.4, -0.2) is 98.1 Å². The number of methoxy groups -OCH3 is 2. The van der Waals surface area contributed by atoms with E-state index in [0.717, 1.165) is 16.6 Å². The average Bonchev–Trinajstić information content (AvgIpc) is 3.64. The monoisotopic (exact) mass is 714 g/mol. The third kappa shape index (κ3) is 6.93. The van der Waals surface area contributed by atoms with Crippen molar-refractivity contribution in [2.45, 2.75) is 44.2 Å². The topological polar surface area (TPSA) is 168 Å². The molecule has 268 valence electrons. The number of aryl methyl sites for hydroxylation is 2. The molecule has 51 heavy (non-hydrogen) atoms. The number of rotatable bonds is 10. The first-order valence-electron chi connectivity index (χ1n) is 16.7. The van der Waals surface area contributed by atoms with Crippen LogP contribution in [0.1, 0.15) is 45.6 Å². The van der Waals surface area contributed by atoms with Crippen LogP contribution in [0.15, 0.2) is 65.6 Å². The summed E-state index contributed by atoms with van der Waals surface area (Å²) in [5, 5.41) is 8.51. The predicted molar refractivity (Wildman–Crippen MR) is 192 cm³/mol. The first-order valence-corrected chi connectivity index (χ1v) is 18.2. The number of amidine groups is 1. The van der Waals surface area contributed by atoms with Crippen molar-refractivity contribution in [1.29, 1.82) is 5.41 Å². The number of carbonyl (C=O) groups is 2. The maximum absolute atomic E-state index is 14.4. The van der Waals surface area contributed by atoms with Crippen molar-refractivity contribution in [3.05, 3.63) is 88.6 Å². The van der Waals surface area contributed by atoms with Gasteiger partial charge in [-0.25, -0.2) is 13.4 Å². The van der Waals surface area contributed by atoms with E-state index in [1.807, 2.05) is 38.1 Å². The lowest BCUT2D eigenvalue weighted by Gasteiger charge is -2.37. The fraction of sp³-hybridized carbons (Fsp3) is 0.351. The summed E-state index contributed by atoms with van der Waals surface area (Å²) in [6.45, 7) is 5.20. The van der Waals surface area contributed by atoms with Crippen LogP contribution in [0.5, 0.6) is 17.2 Å². The maximum atomic E-state index is 14.4. The molecule has 1 atom stereocenters. The Kier molecular flexibility index (Phi) is 10.2. The second-order valence-corrected chi connectivity index (χ2v) is 14.5. The quantitative estimate of drug-likeness (QED) is 0.183. The summed E-state index contributed by atoms with van der Waals surface area (Å²) in [6.07, 6.45) is 0.896. The molecular weight excluding hydrogens is 673 g/mol. The molecule has 4 aromatic rings. The fourth-order valence-electron chi connectivity index (χ4n) is 6.88. The van der Waals surface area contributed by atoms with E-state index < -0.39 is 16.1 Å². The van der Waals surface area contributed by atoms with E-state index in [1.165, 1.54) is 24.6 Å². The zero-order chi connectivity index (χ0) is 36.4. The molecule has 2 aliphatic rings. The van der Waals surface area contributed by atoms with Crippen molar-refractivity contribution >= 4 is 38.6 Å². The average molecular weight is 715 g/mol. The molecule has 1 unspecified atom stereocenters. The molecule has 6 rings (SSSR count). The predicted octanol–water partition coefficient (Wildman–Crippen LogP) is 3.87. The summed E-state index contributed by atoms with van der Waals surface area (Å²) in [5.74, 6) is 0.451. The Labute approximate surface area is 297 Å². The summed E-state index contributed by atoms with van der Waals surface area (Å²) >= 11 is 0. The van der Waals surface area contributed by atoms with Crippen molar-refractivity contribution in [3.8, 4) is 17.2 Å². The number of nitrogens with zero attached hydrogens (tertiary/aromatic N) is 4. The standard InChI is InChI=1S/C37H42N6O7S/c1-23-21-24(2)40-33-27(23)7-5-9-31(33)50-22-28-30(48-3)14-15-32(34(28)49-4)51(46,47)43-16-6-8-29(43)37(45)42-19-17-41(18-20-42)36(44)26-12-10-25(11-13-26)35(38)39/h5,7,9-15,21,29H,6,8,16-20,22H2,1-4H3,(H3,38,39). The number of pyridine rings is 1. The van der Waals surface area contributed by atoms with Gasteiger partial charge >= 0.3 is 0 Å². The number of carbonyl (C=O) groups excluding carboxylic acids is 2. The molecule has 0 saturated carbocycles. The van der Waals surface area contributed by atoms with Crippen LogP contribution < -0.4 is 19.9 Å². The van der Waals surface area contributed by atoms with Crippen LogP contribution in [0.4, 0.5) is 0 Å². The smallest absolute Gasteiger partial charge is 0.253 e. The molecule has 0 radical (unpaired) electrons. The minimum absolute atomic E-state index is 0.0598. The number of hydrogen-bond acceptors (Lipinski definition) is 9. The highest BCUT2D eigenvalue weighted by atomic mass is 32.2. The van der Waals surface area contributed by atoms with Crippen LogP contribution in [0, 0.1) is 19.3 Å². The van der Waals surface area contributed by atoms with Gasteiger partial charge in [0.25, 0.3) is 5.91 Å². The number of hydrogen-bond donors (Lipinski definition) is 2. The number of benzene rings is 3. The minimum atomic E-state index is -4.21. The molecule has 13 nitrogen and oxygen atoms in total. The maximum Gasteiger partial charge on any atom is 0.253 e. The number of nitrogen functional groups attached to an aromatic ring is 1. The number of fused-ring (bicyclic) bond motifs is 1. The Balaban J connectivity index is 1.20. The normalized spacial score (nSPS) is 16.7. The summed E-state index contributed by atoms with van der Waals surface area (Å²) in [7, 11) is -1.32. The van der Waals surface area contributed by atoms with Gasteiger partial charge in [0.2, 0.25) is 15.9 Å². The minimum Gasteiger partial charge on any atom is -0.496 e. The third-order valence-corrected chi connectivity index (χ3v) is 11.4. The Morgan fingerprint density at radius 1 is 0.902 bits per heavy atom. The van der Waals surface area contributed by atoms with Gasteiger partial charge in [0.1, 0.15) is 46.1 Å². The summed E-state index contributed by atoms with van der Waals surface area (Å²) < 4.78 is 47.6. The molecule has 2 fully saturated rings. The van der Waals surface area contributed by atoms with Gasteiger partial charge in [-0.05, 0) is 68.7 Å². The Hall–Kier alpha value is -5.21. The number of amides is 2. The number of ether oxygens (including phenoxy) is 3. The van der Waals surface area contributed by atoms with Gasteiger partial charge in [0.15, 0.2) is 0 Å². The van der Waals surface area contributed by atoms with Gasteiger partial charge in [-0.2, -0.15) is 4.31 Å². The Morgan fingerprint density at radius 2 is 1.59 bits per heavy atom. The van der Waals surface area contributed by atoms with Crippen molar-refractivity contribution in [3.63, 3.8) is 0 Å². The molecule has 0 spiro atoms. The Bertz CT molecular complexity index is 2100. The van der Waals surface area contributed by atoms with Gasteiger partial charge in [-0.1, -0.05) is 24.3 Å². The van der Waals surface area contributed by atoms with Crippen LogP contribution in [0.2, 0.25) is 0 Å². The van der Waals surface area contributed by atoms with E-state index in [2.05, 4.69) is 4.98 Å². The highest BCUT2D eigenvalue weighted by molar-refractivity contribution is 7.89. The van der Waals surface area contributed by atoms with Crippen molar-refractivity contribution in [2.75, 3.05) is 46.9 Å². The third-order valence-electron chi connectivity index (χ3n) is 9.51. The Morgan fingerprint density at radius 3 is 2.25 bits per heavy atom. The summed E-state index contributed by atoms with van der Waals surface area (Å²) in [6, 6.07) is 16.3. The molecule has 2 saturated heterocycles. The van der Waals surface area contributed by atoms with Gasteiger partial charge in [0, 0.05) is 54.9 Å². The van der Waals surface area contributed by atoms with Crippen molar-refractivity contribution < 1.29 is 32.2 Å². The number of aromatic nitrogens is 1. The summed E-state index contributed by atoms with van der Waals surface area (Å²) in [5.41, 5.74) is 9.53. The molecular formula is C37H42N6O7S. The zero-order valence-electron chi connectivity index (χ0n) is 29.1. The number of sulfonamides is 1. The van der Waals surface area contributed by atoms with Gasteiger partial charge in [0.05, 0.1) is 19.8 Å². The molecule has 0 bridgehead atoms. The largest absolute Gasteiger partial charge is 0.496 e. The highest BCUT2D eigenvalue weighted by Crippen LogP contribution is 2.39. The highest BCUT2D eigenvalue weighted by Gasteiger charge is 2.43. The summed E-state index contributed by atoms with van der Waals surface area (Å²) in [4.78, 5) is 34.9. The number of nitrogens with two attached hydrogens (primary N) is 1. The van der Waals surface area contributed by atoms with Crippen LogP contribution in [0.25, 0.3) is 10.9 Å². The van der Waals surface area contributed by atoms with E-state index >= 15 is 0 Å². The van der Waals surface area contributed by atoms with Gasteiger partial charge in [-0.3, -0.25) is 15.0 Å². The van der Waals surface area contributed by atoms with Crippen LogP contribution in [-0.2, 0) is 21.4 Å². The lowest BCUT2D eigenvalue weighted by Crippen LogP contribution is -2.55. The molecule has 2 aliphatic heterocycles. The second kappa shape index (κ2) is 14.6. The molecule has 14 heteroatoms. The van der Waals surface area contributed by atoms with Crippen molar-refractivity contribution in [2.24, 2.45) is 5.73 Å². The molecule has 1 aromatic heterocycles. The zero-order valence-corrected chi connectivity index (χ0v) is 30.0. The molecule has 0 aliphatic carbocycles. The van der Waals surface area contributed by atoms with E-state index in [0.29, 0.717) is 59.6 Å². The van der Waals surface area contributed by atoms with Crippen LogP contribution >= 0.6 is 0 Å². The van der Waals surface area contributed by atoms with E-state index in [4.69, 9.17) is 25.4 Å². The van der Waals surface area contributed by atoms with E-state index in [9.17, 15) is 18.0 Å². The number of piperazine rings is 1. The molecule has 2 amide bonds. The van der Waals surface area contributed by atoms with Gasteiger partial charge < -0.3 is 29.7 Å². The molecule has 3 N–H and O–H groups in total.